The van der Waals surface area contributed by atoms with E-state index in [0.29, 0.717) is 6.54 Å². The molecular weight excluding hydrogens is 208 g/mol. The Kier molecular flexibility index (Phi) is 3.62. The average molecular weight is 228 g/mol. The van der Waals surface area contributed by atoms with E-state index < -0.39 is 0 Å². The standard InChI is InChI=1S/C10H20N4O2/c1-10(2,3)12-9(15)14-6-4-5-7(14)8(11)13-16/h7,16H,4-6H2,1-3H3,(H2,11,13)(H,12,15). The van der Waals surface area contributed by atoms with Gasteiger partial charge in [0.1, 0.15) is 0 Å². The number of likely N-dealkylation sites (tertiary alicyclic amines) is 1. The van der Waals surface area contributed by atoms with Gasteiger partial charge in [-0.1, -0.05) is 5.16 Å². The van der Waals surface area contributed by atoms with Crippen LogP contribution >= 0.6 is 0 Å². The summed E-state index contributed by atoms with van der Waals surface area (Å²) < 4.78 is 0. The number of carbonyl (C=O) groups is 1. The lowest BCUT2D eigenvalue weighted by Crippen LogP contribution is -2.52. The summed E-state index contributed by atoms with van der Waals surface area (Å²) in [6.07, 6.45) is 1.62. The zero-order valence-electron chi connectivity index (χ0n) is 10.0. The van der Waals surface area contributed by atoms with Gasteiger partial charge in [-0.15, -0.1) is 0 Å². The summed E-state index contributed by atoms with van der Waals surface area (Å²) in [5.41, 5.74) is 5.27. The van der Waals surface area contributed by atoms with Crippen LogP contribution in [0.25, 0.3) is 0 Å². The molecule has 6 heteroatoms. The number of carbonyl (C=O) groups excluding carboxylic acids is 1. The van der Waals surface area contributed by atoms with Crippen LogP contribution in [-0.2, 0) is 0 Å². The van der Waals surface area contributed by atoms with Crippen LogP contribution in [0.2, 0.25) is 0 Å². The maximum Gasteiger partial charge on any atom is 0.318 e. The molecule has 1 heterocycles. The lowest BCUT2D eigenvalue weighted by atomic mass is 10.1. The molecule has 1 atom stereocenters. The average Bonchev–Trinajstić information content (AvgIpc) is 2.62. The van der Waals surface area contributed by atoms with Crippen molar-refractivity contribution in [1.82, 2.24) is 10.2 Å². The molecule has 0 aromatic heterocycles. The fourth-order valence-corrected chi connectivity index (χ4v) is 1.78. The quantitative estimate of drug-likeness (QED) is 0.267. The van der Waals surface area contributed by atoms with Gasteiger partial charge in [0, 0.05) is 12.1 Å². The molecule has 16 heavy (non-hydrogen) atoms. The number of hydrogen-bond acceptors (Lipinski definition) is 3. The van der Waals surface area contributed by atoms with Crippen LogP contribution in [0.15, 0.2) is 5.16 Å². The highest BCUT2D eigenvalue weighted by molar-refractivity contribution is 5.90. The largest absolute Gasteiger partial charge is 0.409 e. The SMILES string of the molecule is CC(C)(C)NC(=O)N1CCCC1C(N)=NO. The summed E-state index contributed by atoms with van der Waals surface area (Å²) in [4.78, 5) is 13.5. The van der Waals surface area contributed by atoms with Gasteiger partial charge in [-0.25, -0.2) is 4.79 Å². The number of nitrogens with zero attached hydrogens (tertiary/aromatic N) is 2. The van der Waals surface area contributed by atoms with Crippen molar-refractivity contribution in [2.45, 2.75) is 45.2 Å². The van der Waals surface area contributed by atoms with Crippen molar-refractivity contribution in [2.75, 3.05) is 6.54 Å². The van der Waals surface area contributed by atoms with Crippen molar-refractivity contribution in [1.29, 1.82) is 0 Å². The molecular formula is C10H20N4O2. The van der Waals surface area contributed by atoms with Crippen LogP contribution in [0.3, 0.4) is 0 Å². The number of oxime groups is 1. The van der Waals surface area contributed by atoms with Gasteiger partial charge in [0.2, 0.25) is 0 Å². The summed E-state index contributed by atoms with van der Waals surface area (Å²) in [5, 5.41) is 14.5. The van der Waals surface area contributed by atoms with Gasteiger partial charge in [0.25, 0.3) is 0 Å². The lowest BCUT2D eigenvalue weighted by Gasteiger charge is -2.28. The second-order valence-corrected chi connectivity index (χ2v) is 5.06. The fraction of sp³-hybridized carbons (Fsp3) is 0.800. The van der Waals surface area contributed by atoms with E-state index in [1.807, 2.05) is 20.8 Å². The van der Waals surface area contributed by atoms with Crippen molar-refractivity contribution in [3.05, 3.63) is 0 Å². The Bertz CT molecular complexity index is 296. The molecule has 0 bridgehead atoms. The van der Waals surface area contributed by atoms with Crippen molar-refractivity contribution in [3.8, 4) is 0 Å². The Hall–Kier alpha value is -1.46. The predicted octanol–water partition coefficient (Wildman–Crippen LogP) is 0.705. The number of amidine groups is 1. The third-order valence-corrected chi connectivity index (χ3v) is 2.45. The molecule has 0 aromatic rings. The van der Waals surface area contributed by atoms with Crippen molar-refractivity contribution in [2.24, 2.45) is 10.9 Å². The van der Waals surface area contributed by atoms with Crippen LogP contribution in [-0.4, -0.2) is 40.1 Å². The van der Waals surface area contributed by atoms with Crippen LogP contribution in [0.5, 0.6) is 0 Å². The topological polar surface area (TPSA) is 91.0 Å². The van der Waals surface area contributed by atoms with Crippen LogP contribution in [0.1, 0.15) is 33.6 Å². The maximum atomic E-state index is 11.9. The zero-order chi connectivity index (χ0) is 12.3. The number of rotatable bonds is 1. The first kappa shape index (κ1) is 12.6. The van der Waals surface area contributed by atoms with E-state index in [1.54, 1.807) is 4.90 Å². The highest BCUT2D eigenvalue weighted by atomic mass is 16.4. The van der Waals surface area contributed by atoms with Gasteiger partial charge in [0.05, 0.1) is 6.04 Å². The molecule has 1 fully saturated rings. The van der Waals surface area contributed by atoms with E-state index in [2.05, 4.69) is 10.5 Å². The number of nitrogens with two attached hydrogens (primary N) is 1. The van der Waals surface area contributed by atoms with Gasteiger partial charge < -0.3 is 21.2 Å². The molecule has 0 aromatic carbocycles. The maximum absolute atomic E-state index is 11.9. The monoisotopic (exact) mass is 228 g/mol. The Morgan fingerprint density at radius 3 is 2.69 bits per heavy atom. The minimum absolute atomic E-state index is 0.0987. The van der Waals surface area contributed by atoms with Gasteiger partial charge in [-0.3, -0.25) is 0 Å². The molecule has 1 aliphatic heterocycles. The number of urea groups is 1. The first-order valence-electron chi connectivity index (χ1n) is 5.41. The summed E-state index contributed by atoms with van der Waals surface area (Å²) >= 11 is 0. The fourth-order valence-electron chi connectivity index (χ4n) is 1.78. The molecule has 0 spiro atoms. The molecule has 6 nitrogen and oxygen atoms in total. The highest BCUT2D eigenvalue weighted by Crippen LogP contribution is 2.18. The van der Waals surface area contributed by atoms with Crippen LogP contribution in [0.4, 0.5) is 4.79 Å². The second kappa shape index (κ2) is 4.59. The summed E-state index contributed by atoms with van der Waals surface area (Å²) in [6.45, 7) is 6.39. The summed E-state index contributed by atoms with van der Waals surface area (Å²) in [6, 6.07) is -0.450. The normalized spacial score (nSPS) is 22.3. The molecule has 92 valence electrons. The Morgan fingerprint density at radius 1 is 1.56 bits per heavy atom. The number of amides is 2. The summed E-state index contributed by atoms with van der Waals surface area (Å²) in [7, 11) is 0. The minimum Gasteiger partial charge on any atom is -0.409 e. The molecule has 0 radical (unpaired) electrons. The molecule has 4 N–H and O–H groups in total. The first-order chi connectivity index (χ1) is 7.35. The number of hydrogen-bond donors (Lipinski definition) is 3. The first-order valence-corrected chi connectivity index (χ1v) is 5.41. The zero-order valence-corrected chi connectivity index (χ0v) is 10.0. The molecule has 1 rings (SSSR count). The molecule has 1 unspecified atom stereocenters. The second-order valence-electron chi connectivity index (χ2n) is 5.06. The molecule has 0 saturated carbocycles. The third kappa shape index (κ3) is 3.01. The van der Waals surface area contributed by atoms with E-state index in [1.165, 1.54) is 0 Å². The van der Waals surface area contributed by atoms with Crippen LogP contribution in [0, 0.1) is 0 Å². The Balaban J connectivity index is 2.69. The van der Waals surface area contributed by atoms with E-state index in [-0.39, 0.29) is 23.4 Å². The summed E-state index contributed by atoms with van der Waals surface area (Å²) in [5.74, 6) is 0.0987. The van der Waals surface area contributed by atoms with Crippen LogP contribution < -0.4 is 11.1 Å². The van der Waals surface area contributed by atoms with E-state index in [4.69, 9.17) is 10.9 Å². The minimum atomic E-state index is -0.285. The smallest absolute Gasteiger partial charge is 0.318 e. The lowest BCUT2D eigenvalue weighted by molar-refractivity contribution is 0.192. The van der Waals surface area contributed by atoms with Gasteiger partial charge in [0.15, 0.2) is 5.84 Å². The molecule has 1 aliphatic rings. The molecule has 2 amide bonds. The highest BCUT2D eigenvalue weighted by Gasteiger charge is 2.33. The predicted molar refractivity (Wildman–Crippen MR) is 61.4 cm³/mol. The third-order valence-electron chi connectivity index (χ3n) is 2.45. The van der Waals surface area contributed by atoms with Crippen molar-refractivity contribution >= 4 is 11.9 Å². The van der Waals surface area contributed by atoms with E-state index in [9.17, 15) is 4.79 Å². The Labute approximate surface area is 95.5 Å². The van der Waals surface area contributed by atoms with Gasteiger partial charge in [-0.05, 0) is 33.6 Å². The van der Waals surface area contributed by atoms with E-state index >= 15 is 0 Å². The van der Waals surface area contributed by atoms with Gasteiger partial charge >= 0.3 is 6.03 Å². The number of nitrogens with one attached hydrogen (secondary N) is 1. The Morgan fingerprint density at radius 2 is 2.19 bits per heavy atom. The molecule has 0 aliphatic carbocycles. The van der Waals surface area contributed by atoms with Crippen molar-refractivity contribution < 1.29 is 10.0 Å². The molecule has 1 saturated heterocycles. The van der Waals surface area contributed by atoms with Crippen molar-refractivity contribution in [3.63, 3.8) is 0 Å². The van der Waals surface area contributed by atoms with Gasteiger partial charge in [-0.2, -0.15) is 0 Å². The van der Waals surface area contributed by atoms with E-state index in [0.717, 1.165) is 12.8 Å².